The van der Waals surface area contributed by atoms with Crippen molar-refractivity contribution in [1.29, 1.82) is 0 Å². The molecule has 348 valence electrons. The van der Waals surface area contributed by atoms with Crippen molar-refractivity contribution >= 4 is 5.91 Å². The van der Waals surface area contributed by atoms with Gasteiger partial charge in [0.15, 0.2) is 6.29 Å². The van der Waals surface area contributed by atoms with Gasteiger partial charge in [-0.3, -0.25) is 4.79 Å². The Hall–Kier alpha value is -1.41. The molecule has 0 aromatic carbocycles. The van der Waals surface area contributed by atoms with E-state index in [1.807, 2.05) is 0 Å². The Balaban J connectivity index is 2.30. The fourth-order valence-corrected chi connectivity index (χ4v) is 7.67. The van der Waals surface area contributed by atoms with Gasteiger partial charge in [0, 0.05) is 0 Å². The normalized spacial score (nSPS) is 21.9. The molecule has 0 bridgehead atoms. The summed E-state index contributed by atoms with van der Waals surface area (Å²) in [5.41, 5.74) is 0. The first-order valence-electron chi connectivity index (χ1n) is 24.2. The van der Waals surface area contributed by atoms with Crippen LogP contribution in [0.3, 0.4) is 0 Å². The van der Waals surface area contributed by atoms with Crippen molar-refractivity contribution < 1.29 is 50.0 Å². The number of hydrogen-bond acceptors (Lipinski definition) is 10. The standard InChI is InChI=1S/C48H91NO10/c1-3-5-7-9-11-13-14-15-16-17-18-19-20-21-22-23-24-25-26-27-28-30-32-34-36-41(52)47(57)49-39(38-58-48-46(56)45(55)44(54)42(37-50)59-48)43(53)40(51)35-33-31-29-12-10-8-6-4-2/h12,21-22,29,39-46,48,50-56H,3-11,13-20,23-28,30-38H2,1-2H3,(H,49,57)/b22-21-,29-12+. The predicted molar refractivity (Wildman–Crippen MR) is 238 cm³/mol. The van der Waals surface area contributed by atoms with E-state index >= 15 is 0 Å². The van der Waals surface area contributed by atoms with E-state index in [1.54, 1.807) is 0 Å². The van der Waals surface area contributed by atoms with E-state index in [2.05, 4.69) is 43.5 Å². The van der Waals surface area contributed by atoms with Gasteiger partial charge in [-0.1, -0.05) is 167 Å². The fraction of sp³-hybridized carbons (Fsp3) is 0.896. The second-order valence-electron chi connectivity index (χ2n) is 17.2. The van der Waals surface area contributed by atoms with Crippen LogP contribution in [0.1, 0.15) is 206 Å². The average molecular weight is 842 g/mol. The number of carbonyl (C=O) groups excluding carboxylic acids is 1. The van der Waals surface area contributed by atoms with Crippen molar-refractivity contribution in [1.82, 2.24) is 5.32 Å². The minimum Gasteiger partial charge on any atom is -0.394 e. The molecular weight excluding hydrogens is 751 g/mol. The summed E-state index contributed by atoms with van der Waals surface area (Å²) in [6, 6.07) is -1.18. The summed E-state index contributed by atoms with van der Waals surface area (Å²) < 4.78 is 11.0. The molecule has 1 rings (SSSR count). The van der Waals surface area contributed by atoms with E-state index < -0.39 is 74.2 Å². The number of allylic oxidation sites excluding steroid dienone is 4. The van der Waals surface area contributed by atoms with Gasteiger partial charge in [0.05, 0.1) is 25.4 Å². The maximum Gasteiger partial charge on any atom is 0.249 e. The van der Waals surface area contributed by atoms with E-state index in [0.717, 1.165) is 51.4 Å². The minimum atomic E-state index is -1.67. The van der Waals surface area contributed by atoms with Crippen LogP contribution < -0.4 is 5.32 Å². The highest BCUT2D eigenvalue weighted by atomic mass is 16.7. The summed E-state index contributed by atoms with van der Waals surface area (Å²) >= 11 is 0. The number of carbonyl (C=O) groups is 1. The molecule has 1 fully saturated rings. The average Bonchev–Trinajstić information content (AvgIpc) is 3.23. The molecule has 1 aliphatic heterocycles. The summed E-state index contributed by atoms with van der Waals surface area (Å²) in [6.45, 7) is 3.36. The second-order valence-corrected chi connectivity index (χ2v) is 17.2. The van der Waals surface area contributed by atoms with Gasteiger partial charge in [0.2, 0.25) is 5.91 Å². The quantitative estimate of drug-likeness (QED) is 0.0221. The van der Waals surface area contributed by atoms with Crippen LogP contribution in [0.5, 0.6) is 0 Å². The number of nitrogens with one attached hydrogen (secondary N) is 1. The lowest BCUT2D eigenvalue weighted by atomic mass is 9.98. The predicted octanol–water partition coefficient (Wildman–Crippen LogP) is 8.23. The minimum absolute atomic E-state index is 0.251. The molecule has 0 aliphatic carbocycles. The molecule has 0 aromatic rings. The zero-order valence-corrected chi connectivity index (χ0v) is 37.5. The van der Waals surface area contributed by atoms with Crippen LogP contribution >= 0.6 is 0 Å². The number of aliphatic hydroxyl groups excluding tert-OH is 7. The molecule has 1 saturated heterocycles. The lowest BCUT2D eigenvalue weighted by molar-refractivity contribution is -0.303. The van der Waals surface area contributed by atoms with Crippen LogP contribution in [-0.2, 0) is 14.3 Å². The lowest BCUT2D eigenvalue weighted by Crippen LogP contribution is -2.60. The fourth-order valence-electron chi connectivity index (χ4n) is 7.67. The Morgan fingerprint density at radius 1 is 0.576 bits per heavy atom. The topological polar surface area (TPSA) is 189 Å². The monoisotopic (exact) mass is 842 g/mol. The molecule has 8 N–H and O–H groups in total. The maximum atomic E-state index is 13.0. The molecule has 0 saturated carbocycles. The molecule has 0 aromatic heterocycles. The molecule has 11 heteroatoms. The van der Waals surface area contributed by atoms with E-state index in [4.69, 9.17) is 9.47 Å². The number of rotatable bonds is 40. The first-order chi connectivity index (χ1) is 28.7. The molecule has 59 heavy (non-hydrogen) atoms. The zero-order valence-electron chi connectivity index (χ0n) is 37.5. The van der Waals surface area contributed by atoms with Gasteiger partial charge < -0.3 is 50.5 Å². The Bertz CT molecular complexity index is 1010. The third kappa shape index (κ3) is 28.0. The molecule has 11 nitrogen and oxygen atoms in total. The number of amides is 1. The maximum absolute atomic E-state index is 13.0. The van der Waals surface area contributed by atoms with Crippen molar-refractivity contribution in [2.75, 3.05) is 13.2 Å². The van der Waals surface area contributed by atoms with Crippen molar-refractivity contribution in [3.8, 4) is 0 Å². The van der Waals surface area contributed by atoms with Crippen LogP contribution in [0.25, 0.3) is 0 Å². The SMILES string of the molecule is CCCCC/C=C/CCCC(O)C(O)C(COC1OC(CO)C(O)C(O)C1O)NC(=O)C(O)CCCCCCCCCC/C=C\CCCCCCCCCCCCCC. The lowest BCUT2D eigenvalue weighted by Gasteiger charge is -2.40. The van der Waals surface area contributed by atoms with Crippen LogP contribution in [0.4, 0.5) is 0 Å². The molecule has 9 atom stereocenters. The highest BCUT2D eigenvalue weighted by molar-refractivity contribution is 5.80. The summed E-state index contributed by atoms with van der Waals surface area (Å²) in [4.78, 5) is 13.0. The van der Waals surface area contributed by atoms with Crippen molar-refractivity contribution in [3.63, 3.8) is 0 Å². The molecule has 1 aliphatic rings. The Kier molecular flexibility index (Phi) is 36.1. The van der Waals surface area contributed by atoms with Gasteiger partial charge >= 0.3 is 0 Å². The Labute approximate surface area is 359 Å². The van der Waals surface area contributed by atoms with Crippen LogP contribution in [0, 0.1) is 0 Å². The van der Waals surface area contributed by atoms with Crippen LogP contribution in [-0.4, -0.2) is 110 Å². The highest BCUT2D eigenvalue weighted by Crippen LogP contribution is 2.23. The Morgan fingerprint density at radius 3 is 1.49 bits per heavy atom. The van der Waals surface area contributed by atoms with Crippen LogP contribution in [0.2, 0.25) is 0 Å². The third-order valence-electron chi connectivity index (χ3n) is 11.7. The van der Waals surface area contributed by atoms with Gasteiger partial charge in [-0.05, 0) is 64.2 Å². The van der Waals surface area contributed by atoms with Gasteiger partial charge in [0.1, 0.15) is 36.6 Å². The smallest absolute Gasteiger partial charge is 0.249 e. The molecule has 1 heterocycles. The summed E-state index contributed by atoms with van der Waals surface area (Å²) in [6.07, 6.45) is 31.3. The Morgan fingerprint density at radius 2 is 1.00 bits per heavy atom. The van der Waals surface area contributed by atoms with Gasteiger partial charge in [-0.15, -0.1) is 0 Å². The molecule has 0 spiro atoms. The largest absolute Gasteiger partial charge is 0.394 e. The number of unbranched alkanes of at least 4 members (excludes halogenated alkanes) is 24. The highest BCUT2D eigenvalue weighted by Gasteiger charge is 2.44. The van der Waals surface area contributed by atoms with E-state index in [9.17, 15) is 40.5 Å². The number of aliphatic hydroxyl groups is 7. The van der Waals surface area contributed by atoms with Gasteiger partial charge in [-0.25, -0.2) is 0 Å². The molecular formula is C48H91NO10. The van der Waals surface area contributed by atoms with Crippen molar-refractivity contribution in [2.24, 2.45) is 0 Å². The number of hydrogen-bond donors (Lipinski definition) is 8. The van der Waals surface area contributed by atoms with E-state index in [-0.39, 0.29) is 12.8 Å². The van der Waals surface area contributed by atoms with Crippen LogP contribution in [0.15, 0.2) is 24.3 Å². The first kappa shape index (κ1) is 55.6. The van der Waals surface area contributed by atoms with E-state index in [0.29, 0.717) is 12.8 Å². The second kappa shape index (κ2) is 38.3. The molecule has 9 unspecified atom stereocenters. The zero-order chi connectivity index (χ0) is 43.4. The first-order valence-corrected chi connectivity index (χ1v) is 24.2. The molecule has 1 amide bonds. The number of ether oxygens (including phenoxy) is 2. The third-order valence-corrected chi connectivity index (χ3v) is 11.7. The van der Waals surface area contributed by atoms with Gasteiger partial charge in [0.25, 0.3) is 0 Å². The summed E-state index contributed by atoms with van der Waals surface area (Å²) in [5.74, 6) is -0.711. The van der Waals surface area contributed by atoms with Crippen molar-refractivity contribution in [3.05, 3.63) is 24.3 Å². The summed E-state index contributed by atoms with van der Waals surface area (Å²) in [7, 11) is 0. The van der Waals surface area contributed by atoms with Crippen molar-refractivity contribution in [2.45, 2.75) is 262 Å². The van der Waals surface area contributed by atoms with E-state index in [1.165, 1.54) is 116 Å². The molecule has 0 radical (unpaired) electrons. The summed E-state index contributed by atoms with van der Waals surface area (Å²) in [5, 5.41) is 75.4. The van der Waals surface area contributed by atoms with Gasteiger partial charge in [-0.2, -0.15) is 0 Å².